The fourth-order valence-corrected chi connectivity index (χ4v) is 3.52. The lowest BCUT2D eigenvalue weighted by Gasteiger charge is -2.17. The van der Waals surface area contributed by atoms with Crippen molar-refractivity contribution in [3.8, 4) is 0 Å². The molecule has 2 fully saturated rings. The topological polar surface area (TPSA) is 75.4 Å². The van der Waals surface area contributed by atoms with Crippen LogP contribution in [0, 0.1) is 5.92 Å². The van der Waals surface area contributed by atoms with Crippen LogP contribution in [0.4, 0.5) is 5.69 Å². The number of anilines is 1. The first-order chi connectivity index (χ1) is 12.6. The molecular weight excluding hydrogens is 326 g/mol. The smallest absolute Gasteiger partial charge is 0.253 e. The molecule has 1 aliphatic heterocycles. The average Bonchev–Trinajstić information content (AvgIpc) is 3.45. The average molecular weight is 349 g/mol. The second-order valence-corrected chi connectivity index (χ2v) is 7.23. The Balaban J connectivity index is 1.42. The standard InChI is InChI=1S/C21H23N3O2/c22-19-13-24(12-18(19)14-4-2-1-3-5-14)21(26)16-8-10-17(11-9-16)23-20(25)15-6-7-15/h1-5,8-11,15,18-19H,6-7,12-13,22H2,(H,23,25)/t18-,19+/m0/s1. The van der Waals surface area contributed by atoms with Crippen LogP contribution in [0.2, 0.25) is 0 Å². The molecule has 1 saturated heterocycles. The zero-order valence-corrected chi connectivity index (χ0v) is 14.6. The minimum absolute atomic E-state index is 0.0149. The molecule has 0 spiro atoms. The van der Waals surface area contributed by atoms with Gasteiger partial charge in [0.1, 0.15) is 0 Å². The zero-order valence-electron chi connectivity index (χ0n) is 14.6. The fourth-order valence-electron chi connectivity index (χ4n) is 3.52. The number of carbonyl (C=O) groups excluding carboxylic acids is 2. The Bertz CT molecular complexity index is 800. The molecule has 0 aromatic heterocycles. The van der Waals surface area contributed by atoms with Crippen LogP contribution in [-0.4, -0.2) is 35.8 Å². The molecule has 2 atom stereocenters. The number of nitrogens with one attached hydrogen (secondary N) is 1. The minimum Gasteiger partial charge on any atom is -0.336 e. The first-order valence-corrected chi connectivity index (χ1v) is 9.12. The van der Waals surface area contributed by atoms with Crippen molar-refractivity contribution in [2.45, 2.75) is 24.8 Å². The molecule has 1 saturated carbocycles. The SMILES string of the molecule is N[C@@H]1CN(C(=O)c2ccc(NC(=O)C3CC3)cc2)C[C@H]1c1ccccc1. The summed E-state index contributed by atoms with van der Waals surface area (Å²) in [6.45, 7) is 1.18. The van der Waals surface area contributed by atoms with Crippen LogP contribution in [0.25, 0.3) is 0 Å². The molecule has 1 heterocycles. The maximum absolute atomic E-state index is 12.8. The van der Waals surface area contributed by atoms with Crippen molar-refractivity contribution in [2.75, 3.05) is 18.4 Å². The van der Waals surface area contributed by atoms with E-state index in [1.807, 2.05) is 23.1 Å². The summed E-state index contributed by atoms with van der Waals surface area (Å²) in [7, 11) is 0. The van der Waals surface area contributed by atoms with Crippen molar-refractivity contribution in [1.82, 2.24) is 4.90 Å². The molecule has 3 N–H and O–H groups in total. The van der Waals surface area contributed by atoms with Gasteiger partial charge in [0.2, 0.25) is 5.91 Å². The molecule has 26 heavy (non-hydrogen) atoms. The van der Waals surface area contributed by atoms with E-state index in [0.29, 0.717) is 18.7 Å². The Labute approximate surface area is 153 Å². The molecular formula is C21H23N3O2. The van der Waals surface area contributed by atoms with Gasteiger partial charge in [0.25, 0.3) is 5.91 Å². The Hall–Kier alpha value is -2.66. The molecule has 1 aliphatic carbocycles. The second-order valence-electron chi connectivity index (χ2n) is 7.23. The van der Waals surface area contributed by atoms with Crippen molar-refractivity contribution in [2.24, 2.45) is 11.7 Å². The van der Waals surface area contributed by atoms with Crippen molar-refractivity contribution in [3.63, 3.8) is 0 Å². The van der Waals surface area contributed by atoms with E-state index in [0.717, 1.165) is 18.5 Å². The van der Waals surface area contributed by atoms with E-state index in [1.165, 1.54) is 5.56 Å². The molecule has 2 amide bonds. The Kier molecular flexibility index (Phi) is 4.47. The predicted molar refractivity (Wildman–Crippen MR) is 101 cm³/mol. The normalized spacial score (nSPS) is 22.3. The third-order valence-corrected chi connectivity index (χ3v) is 5.23. The van der Waals surface area contributed by atoms with Crippen LogP contribution < -0.4 is 11.1 Å². The van der Waals surface area contributed by atoms with Gasteiger partial charge < -0.3 is 16.0 Å². The molecule has 2 aromatic rings. The lowest BCUT2D eigenvalue weighted by molar-refractivity contribution is -0.117. The first-order valence-electron chi connectivity index (χ1n) is 9.12. The van der Waals surface area contributed by atoms with Crippen LogP contribution in [0.15, 0.2) is 54.6 Å². The van der Waals surface area contributed by atoms with Gasteiger partial charge in [0.15, 0.2) is 0 Å². The van der Waals surface area contributed by atoms with Crippen LogP contribution in [0.1, 0.15) is 34.7 Å². The number of likely N-dealkylation sites (tertiary alicyclic amines) is 1. The largest absolute Gasteiger partial charge is 0.336 e. The van der Waals surface area contributed by atoms with Crippen molar-refractivity contribution in [3.05, 3.63) is 65.7 Å². The monoisotopic (exact) mass is 349 g/mol. The summed E-state index contributed by atoms with van der Waals surface area (Å²) in [5.74, 6) is 0.383. The van der Waals surface area contributed by atoms with Crippen LogP contribution in [-0.2, 0) is 4.79 Å². The lowest BCUT2D eigenvalue weighted by atomic mass is 9.95. The van der Waals surface area contributed by atoms with Crippen molar-refractivity contribution < 1.29 is 9.59 Å². The van der Waals surface area contributed by atoms with Crippen LogP contribution >= 0.6 is 0 Å². The highest BCUT2D eigenvalue weighted by atomic mass is 16.2. The molecule has 0 radical (unpaired) electrons. The van der Waals surface area contributed by atoms with Gasteiger partial charge in [-0.05, 0) is 42.7 Å². The zero-order chi connectivity index (χ0) is 18.1. The van der Waals surface area contributed by atoms with E-state index >= 15 is 0 Å². The van der Waals surface area contributed by atoms with Gasteiger partial charge in [-0.1, -0.05) is 30.3 Å². The van der Waals surface area contributed by atoms with Crippen molar-refractivity contribution >= 4 is 17.5 Å². The Morgan fingerprint density at radius 2 is 1.65 bits per heavy atom. The summed E-state index contributed by atoms with van der Waals surface area (Å²) in [5, 5.41) is 2.89. The summed E-state index contributed by atoms with van der Waals surface area (Å²) in [4.78, 5) is 26.4. The lowest BCUT2D eigenvalue weighted by Crippen LogP contribution is -2.32. The van der Waals surface area contributed by atoms with Gasteiger partial charge in [-0.2, -0.15) is 0 Å². The van der Waals surface area contributed by atoms with Gasteiger partial charge in [0, 0.05) is 42.2 Å². The molecule has 0 bridgehead atoms. The Morgan fingerprint density at radius 3 is 2.31 bits per heavy atom. The number of amides is 2. The highest BCUT2D eigenvalue weighted by molar-refractivity contribution is 5.97. The van der Waals surface area contributed by atoms with E-state index in [9.17, 15) is 9.59 Å². The fraction of sp³-hybridized carbons (Fsp3) is 0.333. The van der Waals surface area contributed by atoms with Gasteiger partial charge in [-0.25, -0.2) is 0 Å². The number of nitrogens with zero attached hydrogens (tertiary/aromatic N) is 1. The van der Waals surface area contributed by atoms with Gasteiger partial charge >= 0.3 is 0 Å². The number of rotatable bonds is 4. The maximum atomic E-state index is 12.8. The van der Waals surface area contributed by atoms with Gasteiger partial charge in [-0.15, -0.1) is 0 Å². The van der Waals surface area contributed by atoms with Crippen LogP contribution in [0.5, 0.6) is 0 Å². The number of nitrogens with two attached hydrogens (primary N) is 1. The number of carbonyl (C=O) groups is 2. The summed E-state index contributed by atoms with van der Waals surface area (Å²) in [5.41, 5.74) is 8.82. The summed E-state index contributed by atoms with van der Waals surface area (Å²) < 4.78 is 0. The van der Waals surface area contributed by atoms with E-state index in [2.05, 4.69) is 17.4 Å². The van der Waals surface area contributed by atoms with E-state index in [1.54, 1.807) is 24.3 Å². The third kappa shape index (κ3) is 3.48. The Morgan fingerprint density at radius 1 is 0.962 bits per heavy atom. The second kappa shape index (κ2) is 6.92. The van der Waals surface area contributed by atoms with E-state index in [-0.39, 0.29) is 29.7 Å². The third-order valence-electron chi connectivity index (χ3n) is 5.23. The quantitative estimate of drug-likeness (QED) is 0.891. The van der Waals surface area contributed by atoms with E-state index < -0.39 is 0 Å². The molecule has 4 rings (SSSR count). The highest BCUT2D eigenvalue weighted by Gasteiger charge is 2.34. The first kappa shape index (κ1) is 16.8. The number of benzene rings is 2. The highest BCUT2D eigenvalue weighted by Crippen LogP contribution is 2.30. The molecule has 5 heteroatoms. The van der Waals surface area contributed by atoms with Crippen molar-refractivity contribution in [1.29, 1.82) is 0 Å². The molecule has 2 aromatic carbocycles. The molecule has 2 aliphatic rings. The van der Waals surface area contributed by atoms with Crippen LogP contribution in [0.3, 0.4) is 0 Å². The van der Waals surface area contributed by atoms with Gasteiger partial charge in [-0.3, -0.25) is 9.59 Å². The number of hydrogen-bond acceptors (Lipinski definition) is 3. The predicted octanol–water partition coefficient (Wildman–Crippen LogP) is 2.60. The molecule has 134 valence electrons. The maximum Gasteiger partial charge on any atom is 0.253 e. The summed E-state index contributed by atoms with van der Waals surface area (Å²) in [6.07, 6.45) is 1.94. The van der Waals surface area contributed by atoms with Gasteiger partial charge in [0.05, 0.1) is 0 Å². The summed E-state index contributed by atoms with van der Waals surface area (Å²) >= 11 is 0. The molecule has 5 nitrogen and oxygen atoms in total. The molecule has 0 unspecified atom stereocenters. The number of hydrogen-bond donors (Lipinski definition) is 2. The van der Waals surface area contributed by atoms with E-state index in [4.69, 9.17) is 5.73 Å². The minimum atomic E-state index is -0.0570. The summed E-state index contributed by atoms with van der Waals surface area (Å²) in [6, 6.07) is 17.2.